The summed E-state index contributed by atoms with van der Waals surface area (Å²) < 4.78 is 4.57. The van der Waals surface area contributed by atoms with Crippen LogP contribution >= 0.6 is 0 Å². The van der Waals surface area contributed by atoms with E-state index >= 15 is 0 Å². The lowest BCUT2D eigenvalue weighted by molar-refractivity contribution is 0.0600. The van der Waals surface area contributed by atoms with Crippen LogP contribution in [0, 0.1) is 0 Å². The maximum atomic E-state index is 11.3. The van der Waals surface area contributed by atoms with Gasteiger partial charge in [0.25, 0.3) is 0 Å². The minimum atomic E-state index is -0.479. The Kier molecular flexibility index (Phi) is 3.05. The van der Waals surface area contributed by atoms with Gasteiger partial charge in [-0.2, -0.15) is 0 Å². The number of esters is 1. The van der Waals surface area contributed by atoms with Gasteiger partial charge in [0.15, 0.2) is 0 Å². The van der Waals surface area contributed by atoms with E-state index in [1.165, 1.54) is 13.2 Å². The van der Waals surface area contributed by atoms with Crippen LogP contribution in [0.15, 0.2) is 42.6 Å². The van der Waals surface area contributed by atoms with Crippen LogP contribution in [0.2, 0.25) is 0 Å². The Balaban J connectivity index is 2.42. The van der Waals surface area contributed by atoms with Gasteiger partial charge in [-0.15, -0.1) is 0 Å². The minimum absolute atomic E-state index is 0.00611. The molecule has 0 saturated heterocycles. The SMILES string of the molecule is COC(=O)c1ccc(-c2ccccn2)c(O)c1. The van der Waals surface area contributed by atoms with Gasteiger partial charge < -0.3 is 9.84 Å². The predicted octanol–water partition coefficient (Wildman–Crippen LogP) is 2.24. The standard InChI is InChI=1S/C13H11NO3/c1-17-13(16)9-5-6-10(12(15)8-9)11-4-2-3-7-14-11/h2-8,15H,1H3. The molecular weight excluding hydrogens is 218 g/mol. The molecule has 0 bridgehead atoms. The molecule has 0 aliphatic rings. The molecule has 0 radical (unpaired) electrons. The smallest absolute Gasteiger partial charge is 0.337 e. The van der Waals surface area contributed by atoms with E-state index in [0.717, 1.165) is 0 Å². The van der Waals surface area contributed by atoms with Gasteiger partial charge in [0.1, 0.15) is 5.75 Å². The number of pyridine rings is 1. The van der Waals surface area contributed by atoms with Gasteiger partial charge in [-0.25, -0.2) is 4.79 Å². The van der Waals surface area contributed by atoms with Gasteiger partial charge in [-0.1, -0.05) is 6.07 Å². The number of carbonyl (C=O) groups excluding carboxylic acids is 1. The Labute approximate surface area is 98.5 Å². The summed E-state index contributed by atoms with van der Waals surface area (Å²) in [6, 6.07) is 10.0. The van der Waals surface area contributed by atoms with Crippen LogP contribution < -0.4 is 0 Å². The highest BCUT2D eigenvalue weighted by molar-refractivity contribution is 5.91. The van der Waals surface area contributed by atoms with Crippen molar-refractivity contribution in [2.24, 2.45) is 0 Å². The molecule has 1 heterocycles. The zero-order valence-electron chi connectivity index (χ0n) is 9.25. The minimum Gasteiger partial charge on any atom is -0.507 e. The number of rotatable bonds is 2. The summed E-state index contributed by atoms with van der Waals surface area (Å²) in [4.78, 5) is 15.4. The van der Waals surface area contributed by atoms with E-state index in [0.29, 0.717) is 16.8 Å². The number of aromatic hydroxyl groups is 1. The average Bonchev–Trinajstić information content (AvgIpc) is 2.38. The summed E-state index contributed by atoms with van der Waals surface area (Å²) in [5.74, 6) is -0.473. The molecule has 0 aliphatic carbocycles. The lowest BCUT2D eigenvalue weighted by atomic mass is 10.1. The third-order valence-electron chi connectivity index (χ3n) is 2.36. The van der Waals surface area contributed by atoms with E-state index in [1.807, 2.05) is 6.07 Å². The van der Waals surface area contributed by atoms with Crippen molar-refractivity contribution in [3.63, 3.8) is 0 Å². The van der Waals surface area contributed by atoms with Crippen LogP contribution in [-0.4, -0.2) is 23.2 Å². The predicted molar refractivity (Wildman–Crippen MR) is 62.7 cm³/mol. The zero-order chi connectivity index (χ0) is 12.3. The van der Waals surface area contributed by atoms with Crippen LogP contribution in [-0.2, 0) is 4.74 Å². The van der Waals surface area contributed by atoms with Gasteiger partial charge >= 0.3 is 5.97 Å². The van der Waals surface area contributed by atoms with Crippen molar-refractivity contribution in [2.45, 2.75) is 0 Å². The van der Waals surface area contributed by atoms with Gasteiger partial charge in [0.2, 0.25) is 0 Å². The molecule has 0 atom stereocenters. The number of phenolic OH excluding ortho intramolecular Hbond substituents is 1. The molecule has 4 nitrogen and oxygen atoms in total. The molecule has 0 amide bonds. The molecule has 1 aromatic heterocycles. The highest BCUT2D eigenvalue weighted by Gasteiger charge is 2.10. The number of aromatic nitrogens is 1. The lowest BCUT2D eigenvalue weighted by Gasteiger charge is -2.05. The Bertz CT molecular complexity index is 538. The summed E-state index contributed by atoms with van der Waals surface area (Å²) in [5, 5.41) is 9.84. The molecule has 2 aromatic rings. The van der Waals surface area contributed by atoms with E-state index in [1.54, 1.807) is 30.5 Å². The van der Waals surface area contributed by atoms with Crippen LogP contribution in [0.4, 0.5) is 0 Å². The number of nitrogens with zero attached hydrogens (tertiary/aromatic N) is 1. The van der Waals surface area contributed by atoms with E-state index in [2.05, 4.69) is 9.72 Å². The molecule has 2 rings (SSSR count). The summed E-state index contributed by atoms with van der Waals surface area (Å²) in [5.41, 5.74) is 1.55. The summed E-state index contributed by atoms with van der Waals surface area (Å²) in [6.45, 7) is 0. The Morgan fingerprint density at radius 1 is 1.29 bits per heavy atom. The third kappa shape index (κ3) is 2.25. The van der Waals surface area contributed by atoms with Crippen LogP contribution in [0.1, 0.15) is 10.4 Å². The normalized spacial score (nSPS) is 9.94. The first-order valence-corrected chi connectivity index (χ1v) is 5.05. The second-order valence-corrected chi connectivity index (χ2v) is 3.44. The van der Waals surface area contributed by atoms with E-state index < -0.39 is 5.97 Å². The number of methoxy groups -OCH3 is 1. The Morgan fingerprint density at radius 2 is 2.12 bits per heavy atom. The summed E-state index contributed by atoms with van der Waals surface area (Å²) >= 11 is 0. The van der Waals surface area contributed by atoms with Gasteiger partial charge in [0, 0.05) is 11.8 Å². The Hall–Kier alpha value is -2.36. The average molecular weight is 229 g/mol. The molecule has 17 heavy (non-hydrogen) atoms. The third-order valence-corrected chi connectivity index (χ3v) is 2.36. The zero-order valence-corrected chi connectivity index (χ0v) is 9.25. The number of benzene rings is 1. The van der Waals surface area contributed by atoms with Crippen LogP contribution in [0.3, 0.4) is 0 Å². The molecule has 1 aromatic carbocycles. The molecule has 0 saturated carbocycles. The first-order chi connectivity index (χ1) is 8.22. The van der Waals surface area contributed by atoms with Crippen molar-refractivity contribution >= 4 is 5.97 Å². The fourth-order valence-electron chi connectivity index (χ4n) is 1.52. The number of hydrogen-bond acceptors (Lipinski definition) is 4. The van der Waals surface area contributed by atoms with Crippen molar-refractivity contribution in [3.05, 3.63) is 48.2 Å². The summed E-state index contributed by atoms with van der Waals surface area (Å²) in [7, 11) is 1.30. The fourth-order valence-corrected chi connectivity index (χ4v) is 1.52. The van der Waals surface area contributed by atoms with E-state index in [-0.39, 0.29) is 5.75 Å². The molecule has 0 unspecified atom stereocenters. The van der Waals surface area contributed by atoms with Crippen molar-refractivity contribution < 1.29 is 14.6 Å². The second kappa shape index (κ2) is 4.65. The van der Waals surface area contributed by atoms with Crippen molar-refractivity contribution in [3.8, 4) is 17.0 Å². The van der Waals surface area contributed by atoms with Gasteiger partial charge in [-0.3, -0.25) is 4.98 Å². The van der Waals surface area contributed by atoms with Crippen LogP contribution in [0.25, 0.3) is 11.3 Å². The summed E-state index contributed by atoms with van der Waals surface area (Å²) in [6.07, 6.45) is 1.64. The molecular formula is C13H11NO3. The van der Waals surface area contributed by atoms with Gasteiger partial charge in [-0.05, 0) is 30.3 Å². The maximum absolute atomic E-state index is 11.3. The number of hydrogen-bond donors (Lipinski definition) is 1. The Morgan fingerprint density at radius 3 is 2.71 bits per heavy atom. The second-order valence-electron chi connectivity index (χ2n) is 3.44. The fraction of sp³-hybridized carbons (Fsp3) is 0.0769. The number of ether oxygens (including phenoxy) is 1. The highest BCUT2D eigenvalue weighted by Crippen LogP contribution is 2.28. The van der Waals surface area contributed by atoms with Crippen molar-refractivity contribution in [1.29, 1.82) is 0 Å². The van der Waals surface area contributed by atoms with Crippen molar-refractivity contribution in [2.75, 3.05) is 7.11 Å². The lowest BCUT2D eigenvalue weighted by Crippen LogP contribution is -2.00. The number of carbonyl (C=O) groups is 1. The molecule has 0 spiro atoms. The molecule has 0 fully saturated rings. The van der Waals surface area contributed by atoms with E-state index in [9.17, 15) is 9.90 Å². The topological polar surface area (TPSA) is 59.4 Å². The highest BCUT2D eigenvalue weighted by atomic mass is 16.5. The molecule has 4 heteroatoms. The van der Waals surface area contributed by atoms with Crippen LogP contribution in [0.5, 0.6) is 5.75 Å². The first kappa shape index (κ1) is 11.1. The monoisotopic (exact) mass is 229 g/mol. The largest absolute Gasteiger partial charge is 0.507 e. The van der Waals surface area contributed by atoms with E-state index in [4.69, 9.17) is 0 Å². The molecule has 0 aliphatic heterocycles. The molecule has 1 N–H and O–H groups in total. The quantitative estimate of drug-likeness (QED) is 0.802. The first-order valence-electron chi connectivity index (χ1n) is 5.05. The molecule has 86 valence electrons. The number of phenols is 1. The van der Waals surface area contributed by atoms with Crippen molar-refractivity contribution in [1.82, 2.24) is 4.98 Å². The van der Waals surface area contributed by atoms with Gasteiger partial charge in [0.05, 0.1) is 18.4 Å². The maximum Gasteiger partial charge on any atom is 0.337 e.